The van der Waals surface area contributed by atoms with Crippen molar-refractivity contribution >= 4 is 17.0 Å². The molecule has 6 heteroatoms. The van der Waals surface area contributed by atoms with Crippen molar-refractivity contribution in [1.29, 1.82) is 0 Å². The van der Waals surface area contributed by atoms with Crippen molar-refractivity contribution in [2.24, 2.45) is 0 Å². The fourth-order valence-corrected chi connectivity index (χ4v) is 2.63. The molecular weight excluding hydrogens is 259 g/mol. The molecule has 0 spiro atoms. The molecule has 0 bridgehead atoms. The summed E-state index contributed by atoms with van der Waals surface area (Å²) in [6.07, 6.45) is 0.993. The molecule has 1 saturated heterocycles. The average molecular weight is 278 g/mol. The first-order valence-electron chi connectivity index (χ1n) is 6.95. The zero-order valence-corrected chi connectivity index (χ0v) is 11.4. The first-order chi connectivity index (χ1) is 9.74. The number of benzene rings is 1. The number of morpholine rings is 1. The number of halogens is 1. The Labute approximate surface area is 117 Å². The van der Waals surface area contributed by atoms with Crippen LogP contribution < -0.4 is 5.73 Å². The number of aryl methyl sites for hydroxylation is 1. The summed E-state index contributed by atoms with van der Waals surface area (Å²) >= 11 is 0. The summed E-state index contributed by atoms with van der Waals surface area (Å²) in [5.74, 6) is 0.169. The molecule has 1 aliphatic heterocycles. The molecule has 0 aliphatic carbocycles. The normalized spacial score (nSPS) is 16.9. The molecule has 0 radical (unpaired) electrons. The fourth-order valence-electron chi connectivity index (χ4n) is 2.63. The van der Waals surface area contributed by atoms with Gasteiger partial charge in [0, 0.05) is 32.2 Å². The molecule has 2 N–H and O–H groups in total. The molecule has 0 amide bonds. The molecule has 2 heterocycles. The third-order valence-corrected chi connectivity index (χ3v) is 3.70. The third-order valence-electron chi connectivity index (χ3n) is 3.70. The molecule has 3 rings (SSSR count). The second-order valence-corrected chi connectivity index (χ2v) is 5.06. The van der Waals surface area contributed by atoms with Crippen LogP contribution in [-0.4, -0.2) is 47.3 Å². The molecule has 108 valence electrons. The maximum atomic E-state index is 13.2. The van der Waals surface area contributed by atoms with E-state index in [0.29, 0.717) is 11.5 Å². The number of aromatic nitrogens is 2. The van der Waals surface area contributed by atoms with Crippen LogP contribution in [-0.2, 0) is 11.3 Å². The Bertz CT molecular complexity index is 592. The molecular formula is C14H19FN4O. The monoisotopic (exact) mass is 278 g/mol. The standard InChI is InChI=1S/C14H19FN4O/c15-11-2-3-13-12(10-11)17-14(16)19(13)5-1-4-18-6-8-20-9-7-18/h2-3,10H,1,4-9H2,(H2,16,17). The van der Waals surface area contributed by atoms with Crippen molar-refractivity contribution in [2.45, 2.75) is 13.0 Å². The lowest BCUT2D eigenvalue weighted by atomic mass is 10.3. The van der Waals surface area contributed by atoms with Crippen molar-refractivity contribution < 1.29 is 9.13 Å². The average Bonchev–Trinajstić information content (AvgIpc) is 2.75. The van der Waals surface area contributed by atoms with Crippen LogP contribution in [0.2, 0.25) is 0 Å². The number of fused-ring (bicyclic) bond motifs is 1. The first-order valence-corrected chi connectivity index (χ1v) is 6.95. The number of hydrogen-bond donors (Lipinski definition) is 1. The smallest absolute Gasteiger partial charge is 0.201 e. The van der Waals surface area contributed by atoms with Crippen molar-refractivity contribution in [3.63, 3.8) is 0 Å². The van der Waals surface area contributed by atoms with Crippen molar-refractivity contribution in [3.05, 3.63) is 24.0 Å². The Hall–Kier alpha value is -1.66. The van der Waals surface area contributed by atoms with Crippen molar-refractivity contribution in [1.82, 2.24) is 14.5 Å². The van der Waals surface area contributed by atoms with Gasteiger partial charge in [-0.1, -0.05) is 0 Å². The lowest BCUT2D eigenvalue weighted by Crippen LogP contribution is -2.37. The highest BCUT2D eigenvalue weighted by Gasteiger charge is 2.12. The summed E-state index contributed by atoms with van der Waals surface area (Å²) in [5, 5.41) is 0. The lowest BCUT2D eigenvalue weighted by molar-refractivity contribution is 0.0370. The summed E-state index contributed by atoms with van der Waals surface area (Å²) in [5.41, 5.74) is 7.43. The van der Waals surface area contributed by atoms with E-state index in [9.17, 15) is 4.39 Å². The number of nitrogens with zero attached hydrogens (tertiary/aromatic N) is 3. The van der Waals surface area contributed by atoms with E-state index in [2.05, 4.69) is 9.88 Å². The molecule has 1 aliphatic rings. The highest BCUT2D eigenvalue weighted by molar-refractivity contribution is 5.78. The van der Waals surface area contributed by atoms with Crippen LogP contribution in [0.3, 0.4) is 0 Å². The fraction of sp³-hybridized carbons (Fsp3) is 0.500. The van der Waals surface area contributed by atoms with E-state index in [1.54, 1.807) is 6.07 Å². The second kappa shape index (κ2) is 5.76. The number of imidazole rings is 1. The van der Waals surface area contributed by atoms with Crippen LogP contribution in [0.15, 0.2) is 18.2 Å². The van der Waals surface area contributed by atoms with Crippen LogP contribution in [0, 0.1) is 5.82 Å². The number of hydrogen-bond acceptors (Lipinski definition) is 4. The predicted molar refractivity (Wildman–Crippen MR) is 76.0 cm³/mol. The van der Waals surface area contributed by atoms with Gasteiger partial charge in [0.1, 0.15) is 5.82 Å². The van der Waals surface area contributed by atoms with Gasteiger partial charge in [-0.25, -0.2) is 9.37 Å². The van der Waals surface area contributed by atoms with Crippen LogP contribution in [0.25, 0.3) is 11.0 Å². The molecule has 5 nitrogen and oxygen atoms in total. The van der Waals surface area contributed by atoms with Gasteiger partial charge in [-0.2, -0.15) is 0 Å². The lowest BCUT2D eigenvalue weighted by Gasteiger charge is -2.26. The van der Waals surface area contributed by atoms with E-state index < -0.39 is 0 Å². The highest BCUT2D eigenvalue weighted by atomic mass is 19.1. The van der Waals surface area contributed by atoms with E-state index in [0.717, 1.165) is 51.3 Å². The molecule has 1 aromatic carbocycles. The maximum Gasteiger partial charge on any atom is 0.201 e. The number of nitrogens with two attached hydrogens (primary N) is 1. The molecule has 2 aromatic rings. The van der Waals surface area contributed by atoms with Gasteiger partial charge >= 0.3 is 0 Å². The number of anilines is 1. The summed E-state index contributed by atoms with van der Waals surface area (Å²) < 4.78 is 20.4. The van der Waals surface area contributed by atoms with Gasteiger partial charge in [0.25, 0.3) is 0 Å². The van der Waals surface area contributed by atoms with E-state index in [1.807, 2.05) is 4.57 Å². The van der Waals surface area contributed by atoms with E-state index in [1.165, 1.54) is 12.1 Å². The molecule has 0 saturated carbocycles. The van der Waals surface area contributed by atoms with Crippen molar-refractivity contribution in [2.75, 3.05) is 38.6 Å². The van der Waals surface area contributed by atoms with Gasteiger partial charge in [-0.15, -0.1) is 0 Å². The maximum absolute atomic E-state index is 13.2. The minimum absolute atomic E-state index is 0.282. The molecule has 1 aromatic heterocycles. The first kappa shape index (κ1) is 13.3. The van der Waals surface area contributed by atoms with Crippen LogP contribution in [0.5, 0.6) is 0 Å². The third kappa shape index (κ3) is 2.76. The minimum Gasteiger partial charge on any atom is -0.379 e. The molecule has 20 heavy (non-hydrogen) atoms. The van der Waals surface area contributed by atoms with Crippen LogP contribution >= 0.6 is 0 Å². The second-order valence-electron chi connectivity index (χ2n) is 5.06. The Kier molecular flexibility index (Phi) is 3.84. The summed E-state index contributed by atoms with van der Waals surface area (Å²) in [6, 6.07) is 4.61. The zero-order chi connectivity index (χ0) is 13.9. The van der Waals surface area contributed by atoms with E-state index >= 15 is 0 Å². The van der Waals surface area contributed by atoms with Gasteiger partial charge in [0.2, 0.25) is 5.95 Å². The molecule has 0 atom stereocenters. The van der Waals surface area contributed by atoms with Crippen LogP contribution in [0.1, 0.15) is 6.42 Å². The largest absolute Gasteiger partial charge is 0.379 e. The van der Waals surface area contributed by atoms with Gasteiger partial charge in [0.15, 0.2) is 0 Å². The van der Waals surface area contributed by atoms with Crippen molar-refractivity contribution in [3.8, 4) is 0 Å². The molecule has 1 fully saturated rings. The zero-order valence-electron chi connectivity index (χ0n) is 11.4. The number of nitrogen functional groups attached to an aromatic ring is 1. The SMILES string of the molecule is Nc1nc2cc(F)ccc2n1CCCN1CCOCC1. The highest BCUT2D eigenvalue weighted by Crippen LogP contribution is 2.19. The van der Waals surface area contributed by atoms with Crippen LogP contribution in [0.4, 0.5) is 10.3 Å². The topological polar surface area (TPSA) is 56.3 Å². The van der Waals surface area contributed by atoms with Gasteiger partial charge in [-0.3, -0.25) is 4.90 Å². The predicted octanol–water partition coefficient (Wildman–Crippen LogP) is 1.48. The Morgan fingerprint density at radius 2 is 2.05 bits per heavy atom. The van der Waals surface area contributed by atoms with E-state index in [4.69, 9.17) is 10.5 Å². The summed E-state index contributed by atoms with van der Waals surface area (Å²) in [6.45, 7) is 5.43. The summed E-state index contributed by atoms with van der Waals surface area (Å²) in [4.78, 5) is 6.59. The molecule has 0 unspecified atom stereocenters. The number of ether oxygens (including phenoxy) is 1. The van der Waals surface area contributed by atoms with E-state index in [-0.39, 0.29) is 5.82 Å². The Morgan fingerprint density at radius 3 is 2.85 bits per heavy atom. The Morgan fingerprint density at radius 1 is 1.25 bits per heavy atom. The quantitative estimate of drug-likeness (QED) is 0.920. The van der Waals surface area contributed by atoms with Gasteiger partial charge in [0.05, 0.1) is 24.2 Å². The Balaban J connectivity index is 1.66. The summed E-state index contributed by atoms with van der Waals surface area (Å²) in [7, 11) is 0. The number of rotatable bonds is 4. The minimum atomic E-state index is -0.282. The van der Waals surface area contributed by atoms with Gasteiger partial charge < -0.3 is 15.0 Å². The van der Waals surface area contributed by atoms with Gasteiger partial charge in [-0.05, 0) is 18.6 Å².